The third-order valence-corrected chi connectivity index (χ3v) is 5.16. The van der Waals surface area contributed by atoms with E-state index in [0.29, 0.717) is 24.4 Å². The lowest BCUT2D eigenvalue weighted by Crippen LogP contribution is -2.51. The standard InChI is InChI=1S/C20H29ClN2O2/c1-3-18(20(25)22-17-8-6-5-7-9-17)23(19(24)4-2)14-15-10-12-16(21)13-11-15/h10-13,17-18H,3-9,14H2,1-2H3,(H,22,25). The Morgan fingerprint density at radius 3 is 2.36 bits per heavy atom. The fourth-order valence-electron chi connectivity index (χ4n) is 3.45. The SMILES string of the molecule is CCC(=O)N(Cc1ccc(Cl)cc1)C(CC)C(=O)NC1CCCCC1. The van der Waals surface area contributed by atoms with E-state index in [4.69, 9.17) is 11.6 Å². The van der Waals surface area contributed by atoms with Crippen molar-refractivity contribution >= 4 is 23.4 Å². The molecule has 2 amide bonds. The van der Waals surface area contributed by atoms with Gasteiger partial charge in [-0.3, -0.25) is 9.59 Å². The van der Waals surface area contributed by atoms with Gasteiger partial charge < -0.3 is 10.2 Å². The Labute approximate surface area is 155 Å². The highest BCUT2D eigenvalue weighted by atomic mass is 35.5. The Morgan fingerprint density at radius 1 is 1.16 bits per heavy atom. The van der Waals surface area contributed by atoms with Crippen molar-refractivity contribution in [2.75, 3.05) is 0 Å². The van der Waals surface area contributed by atoms with Crippen LogP contribution in [0, 0.1) is 0 Å². The summed E-state index contributed by atoms with van der Waals surface area (Å²) in [6, 6.07) is 7.27. The number of hydrogen-bond acceptors (Lipinski definition) is 2. The highest BCUT2D eigenvalue weighted by Crippen LogP contribution is 2.19. The lowest BCUT2D eigenvalue weighted by molar-refractivity contribution is -0.141. The van der Waals surface area contributed by atoms with E-state index in [1.165, 1.54) is 19.3 Å². The van der Waals surface area contributed by atoms with Gasteiger partial charge in [0, 0.05) is 24.0 Å². The van der Waals surface area contributed by atoms with E-state index < -0.39 is 6.04 Å². The van der Waals surface area contributed by atoms with Gasteiger partial charge in [-0.2, -0.15) is 0 Å². The second-order valence-electron chi connectivity index (χ2n) is 6.77. The maximum absolute atomic E-state index is 12.8. The highest BCUT2D eigenvalue weighted by molar-refractivity contribution is 6.30. The molecule has 0 heterocycles. The van der Waals surface area contributed by atoms with E-state index in [-0.39, 0.29) is 17.9 Å². The first-order valence-corrected chi connectivity index (χ1v) is 9.77. The van der Waals surface area contributed by atoms with Crippen molar-refractivity contribution in [2.24, 2.45) is 0 Å². The van der Waals surface area contributed by atoms with Gasteiger partial charge in [0.15, 0.2) is 0 Å². The molecule has 2 rings (SSSR count). The van der Waals surface area contributed by atoms with E-state index in [1.807, 2.05) is 38.1 Å². The van der Waals surface area contributed by atoms with Crippen molar-refractivity contribution in [3.8, 4) is 0 Å². The normalized spacial score (nSPS) is 16.3. The van der Waals surface area contributed by atoms with Gasteiger partial charge in [-0.25, -0.2) is 0 Å². The van der Waals surface area contributed by atoms with Gasteiger partial charge in [0.05, 0.1) is 0 Å². The zero-order valence-corrected chi connectivity index (χ0v) is 16.0. The lowest BCUT2D eigenvalue weighted by atomic mass is 9.95. The molecule has 0 radical (unpaired) electrons. The van der Waals surface area contributed by atoms with Crippen LogP contribution in [0.1, 0.15) is 64.4 Å². The van der Waals surface area contributed by atoms with Crippen LogP contribution in [0.25, 0.3) is 0 Å². The molecule has 0 aromatic heterocycles. The van der Waals surface area contributed by atoms with Gasteiger partial charge in [-0.1, -0.05) is 56.8 Å². The number of carbonyl (C=O) groups excluding carboxylic acids is 2. The molecule has 0 aliphatic heterocycles. The van der Waals surface area contributed by atoms with Gasteiger partial charge in [0.1, 0.15) is 6.04 Å². The monoisotopic (exact) mass is 364 g/mol. The second-order valence-corrected chi connectivity index (χ2v) is 7.21. The summed E-state index contributed by atoms with van der Waals surface area (Å²) in [5.41, 5.74) is 0.982. The fraction of sp³-hybridized carbons (Fsp3) is 0.600. The molecule has 0 spiro atoms. The molecule has 1 atom stereocenters. The molecule has 25 heavy (non-hydrogen) atoms. The summed E-state index contributed by atoms with van der Waals surface area (Å²) in [4.78, 5) is 27.0. The number of hydrogen-bond donors (Lipinski definition) is 1. The van der Waals surface area contributed by atoms with Gasteiger partial charge in [-0.05, 0) is 37.0 Å². The summed E-state index contributed by atoms with van der Waals surface area (Å²) in [6.45, 7) is 4.23. The van der Waals surface area contributed by atoms with E-state index in [2.05, 4.69) is 5.32 Å². The van der Waals surface area contributed by atoms with Crippen LogP contribution in [-0.2, 0) is 16.1 Å². The van der Waals surface area contributed by atoms with Crippen molar-refractivity contribution in [1.29, 1.82) is 0 Å². The third kappa shape index (κ3) is 5.74. The molecule has 1 N–H and O–H groups in total. The van der Waals surface area contributed by atoms with Crippen molar-refractivity contribution in [1.82, 2.24) is 10.2 Å². The Bertz CT molecular complexity index is 568. The minimum absolute atomic E-state index is 0.000550. The summed E-state index contributed by atoms with van der Waals surface area (Å²) in [5.74, 6) is -0.0224. The molecule has 0 saturated heterocycles. The van der Waals surface area contributed by atoms with Crippen LogP contribution < -0.4 is 5.32 Å². The average molecular weight is 365 g/mol. The topological polar surface area (TPSA) is 49.4 Å². The Morgan fingerprint density at radius 2 is 1.80 bits per heavy atom. The van der Waals surface area contributed by atoms with Crippen molar-refractivity contribution in [3.63, 3.8) is 0 Å². The van der Waals surface area contributed by atoms with Gasteiger partial charge >= 0.3 is 0 Å². The molecule has 1 unspecified atom stereocenters. The molecule has 1 aromatic rings. The summed E-state index contributed by atoms with van der Waals surface area (Å²) < 4.78 is 0. The van der Waals surface area contributed by atoms with E-state index in [1.54, 1.807) is 4.90 Å². The van der Waals surface area contributed by atoms with Crippen LogP contribution in [0.4, 0.5) is 0 Å². The third-order valence-electron chi connectivity index (χ3n) is 4.91. The number of rotatable bonds is 7. The smallest absolute Gasteiger partial charge is 0.243 e. The summed E-state index contributed by atoms with van der Waals surface area (Å²) in [5, 5.41) is 3.84. The first-order chi connectivity index (χ1) is 12.0. The van der Waals surface area contributed by atoms with Gasteiger partial charge in [0.2, 0.25) is 11.8 Å². The zero-order valence-electron chi connectivity index (χ0n) is 15.3. The van der Waals surface area contributed by atoms with Crippen molar-refractivity contribution < 1.29 is 9.59 Å². The minimum atomic E-state index is -0.426. The largest absolute Gasteiger partial charge is 0.352 e. The molecule has 5 heteroatoms. The Kier molecular flexibility index (Phi) is 7.76. The number of benzene rings is 1. The molecule has 0 bridgehead atoms. The molecule has 1 aromatic carbocycles. The van der Waals surface area contributed by atoms with Crippen LogP contribution in [-0.4, -0.2) is 28.8 Å². The van der Waals surface area contributed by atoms with Crippen molar-refractivity contribution in [3.05, 3.63) is 34.9 Å². The molecule has 138 valence electrons. The van der Waals surface area contributed by atoms with Crippen LogP contribution in [0.3, 0.4) is 0 Å². The zero-order chi connectivity index (χ0) is 18.2. The predicted octanol–water partition coefficient (Wildman–Crippen LogP) is 4.31. The van der Waals surface area contributed by atoms with Gasteiger partial charge in [0.25, 0.3) is 0 Å². The molecule has 1 aliphatic rings. The van der Waals surface area contributed by atoms with Crippen molar-refractivity contribution in [2.45, 2.75) is 77.4 Å². The van der Waals surface area contributed by atoms with Crippen LogP contribution in [0.5, 0.6) is 0 Å². The van der Waals surface area contributed by atoms with E-state index in [0.717, 1.165) is 18.4 Å². The quantitative estimate of drug-likeness (QED) is 0.783. The Balaban J connectivity index is 2.10. The number of amides is 2. The minimum Gasteiger partial charge on any atom is -0.352 e. The highest BCUT2D eigenvalue weighted by Gasteiger charge is 2.29. The molecule has 1 aliphatic carbocycles. The molecule has 4 nitrogen and oxygen atoms in total. The van der Waals surface area contributed by atoms with E-state index in [9.17, 15) is 9.59 Å². The average Bonchev–Trinajstić information content (AvgIpc) is 2.63. The number of nitrogens with zero attached hydrogens (tertiary/aromatic N) is 1. The van der Waals surface area contributed by atoms with Crippen LogP contribution in [0.2, 0.25) is 5.02 Å². The predicted molar refractivity (Wildman–Crippen MR) is 101 cm³/mol. The van der Waals surface area contributed by atoms with Crippen LogP contribution >= 0.6 is 11.6 Å². The molecular formula is C20H29ClN2O2. The molecular weight excluding hydrogens is 336 g/mol. The maximum Gasteiger partial charge on any atom is 0.243 e. The summed E-state index contributed by atoms with van der Waals surface area (Å²) >= 11 is 5.94. The van der Waals surface area contributed by atoms with E-state index >= 15 is 0 Å². The second kappa shape index (κ2) is 9.81. The summed E-state index contributed by atoms with van der Waals surface area (Å²) in [7, 11) is 0. The Hall–Kier alpha value is -1.55. The summed E-state index contributed by atoms with van der Waals surface area (Å²) in [6.07, 6.45) is 6.68. The first kappa shape index (κ1) is 19.8. The number of nitrogens with one attached hydrogen (secondary N) is 1. The fourth-order valence-corrected chi connectivity index (χ4v) is 3.58. The van der Waals surface area contributed by atoms with Crippen LogP contribution in [0.15, 0.2) is 24.3 Å². The molecule has 1 fully saturated rings. The number of carbonyl (C=O) groups is 2. The van der Waals surface area contributed by atoms with Gasteiger partial charge in [-0.15, -0.1) is 0 Å². The number of halogens is 1. The maximum atomic E-state index is 12.8. The molecule has 1 saturated carbocycles. The lowest BCUT2D eigenvalue weighted by Gasteiger charge is -2.32. The first-order valence-electron chi connectivity index (χ1n) is 9.39.